The van der Waals surface area contributed by atoms with Crippen LogP contribution in [0.2, 0.25) is 0 Å². The van der Waals surface area contributed by atoms with Gasteiger partial charge in [0.05, 0.1) is 30.2 Å². The fourth-order valence-electron chi connectivity index (χ4n) is 4.49. The van der Waals surface area contributed by atoms with Crippen molar-refractivity contribution in [3.8, 4) is 23.1 Å². The molecule has 1 aliphatic rings. The van der Waals surface area contributed by atoms with Crippen LogP contribution in [0.25, 0.3) is 5.69 Å². The van der Waals surface area contributed by atoms with Crippen LogP contribution in [0, 0.1) is 12.8 Å². The Morgan fingerprint density at radius 1 is 0.944 bits per heavy atom. The third kappa shape index (κ3) is 5.61. The van der Waals surface area contributed by atoms with Crippen LogP contribution in [0.1, 0.15) is 35.8 Å². The molecule has 6 heteroatoms. The molecule has 0 amide bonds. The molecular weight excluding hydrogens is 450 g/mol. The molecule has 1 fully saturated rings. The predicted molar refractivity (Wildman–Crippen MR) is 141 cm³/mol. The van der Waals surface area contributed by atoms with Crippen LogP contribution >= 0.6 is 0 Å². The first-order valence-corrected chi connectivity index (χ1v) is 12.5. The molecule has 1 aliphatic carbocycles. The molecule has 0 aliphatic heterocycles. The van der Waals surface area contributed by atoms with Crippen LogP contribution in [0.4, 0.5) is 0 Å². The first kappa shape index (κ1) is 24.1. The fourth-order valence-corrected chi connectivity index (χ4v) is 4.49. The van der Waals surface area contributed by atoms with Crippen molar-refractivity contribution in [3.63, 3.8) is 0 Å². The highest BCUT2D eigenvalue weighted by Gasteiger charge is 2.28. The number of nitrogens with zero attached hydrogens (tertiary/aromatic N) is 3. The standard InChI is InChI=1S/C30H33N3O3/c1-22-26(20-32(19-23-17-18-23)21-27(34)24-11-5-3-6-12-24)30(33(31-22)25-13-7-4-8-14-25)36-29-16-10-9-15-28(29)35-2/h3-16,23,27,34H,17-21H2,1-2H3. The smallest absolute Gasteiger partial charge is 0.227 e. The zero-order chi connectivity index (χ0) is 24.9. The predicted octanol–water partition coefficient (Wildman–Crippen LogP) is 5.93. The molecule has 1 atom stereocenters. The van der Waals surface area contributed by atoms with Crippen LogP contribution in [-0.4, -0.2) is 40.0 Å². The monoisotopic (exact) mass is 483 g/mol. The molecule has 36 heavy (non-hydrogen) atoms. The van der Waals surface area contributed by atoms with E-state index in [9.17, 15) is 5.11 Å². The number of rotatable bonds is 11. The summed E-state index contributed by atoms with van der Waals surface area (Å²) in [5, 5.41) is 15.9. The Kier molecular flexibility index (Phi) is 7.35. The quantitative estimate of drug-likeness (QED) is 0.287. The van der Waals surface area contributed by atoms with E-state index in [2.05, 4.69) is 4.90 Å². The summed E-state index contributed by atoms with van der Waals surface area (Å²) in [4.78, 5) is 2.34. The highest BCUT2D eigenvalue weighted by atomic mass is 16.5. The van der Waals surface area contributed by atoms with Crippen molar-refractivity contribution >= 4 is 0 Å². The molecule has 1 aromatic heterocycles. The van der Waals surface area contributed by atoms with Gasteiger partial charge in [-0.1, -0.05) is 60.7 Å². The maximum atomic E-state index is 11.0. The van der Waals surface area contributed by atoms with E-state index in [1.165, 1.54) is 12.8 Å². The minimum absolute atomic E-state index is 0.546. The topological polar surface area (TPSA) is 59.8 Å². The zero-order valence-corrected chi connectivity index (χ0v) is 20.9. The van der Waals surface area contributed by atoms with Crippen LogP contribution in [0.3, 0.4) is 0 Å². The average molecular weight is 484 g/mol. The maximum Gasteiger partial charge on any atom is 0.227 e. The Morgan fingerprint density at radius 2 is 1.58 bits per heavy atom. The summed E-state index contributed by atoms with van der Waals surface area (Å²) < 4.78 is 14.0. The summed E-state index contributed by atoms with van der Waals surface area (Å²) in [5.41, 5.74) is 3.76. The lowest BCUT2D eigenvalue weighted by molar-refractivity contribution is 0.105. The minimum Gasteiger partial charge on any atom is -0.493 e. The average Bonchev–Trinajstić information content (AvgIpc) is 3.69. The van der Waals surface area contributed by atoms with Crippen molar-refractivity contribution in [1.82, 2.24) is 14.7 Å². The number of para-hydroxylation sites is 3. The number of aliphatic hydroxyl groups is 1. The van der Waals surface area contributed by atoms with Crippen LogP contribution in [0.5, 0.6) is 17.4 Å². The lowest BCUT2D eigenvalue weighted by Crippen LogP contribution is -2.30. The van der Waals surface area contributed by atoms with Crippen molar-refractivity contribution in [1.29, 1.82) is 0 Å². The van der Waals surface area contributed by atoms with E-state index in [4.69, 9.17) is 14.6 Å². The van der Waals surface area contributed by atoms with Crippen molar-refractivity contribution in [2.45, 2.75) is 32.4 Å². The first-order chi connectivity index (χ1) is 17.6. The summed E-state index contributed by atoms with van der Waals surface area (Å²) in [6.07, 6.45) is 1.92. The number of benzene rings is 3. The highest BCUT2D eigenvalue weighted by molar-refractivity contribution is 5.47. The van der Waals surface area contributed by atoms with Crippen LogP contribution in [-0.2, 0) is 6.54 Å². The molecule has 3 aromatic carbocycles. The molecule has 1 N–H and O–H groups in total. The molecule has 1 heterocycles. The zero-order valence-electron chi connectivity index (χ0n) is 20.9. The van der Waals surface area contributed by atoms with Crippen molar-refractivity contribution in [3.05, 3.63) is 102 Å². The number of aryl methyl sites for hydroxylation is 1. The number of ether oxygens (including phenoxy) is 2. The normalized spacial score (nSPS) is 14.1. The Morgan fingerprint density at radius 3 is 2.25 bits per heavy atom. The van der Waals surface area contributed by atoms with Gasteiger partial charge in [0.2, 0.25) is 5.88 Å². The van der Waals surface area contributed by atoms with Crippen molar-refractivity contribution in [2.75, 3.05) is 20.2 Å². The van der Waals surface area contributed by atoms with E-state index in [1.807, 2.05) is 96.5 Å². The largest absolute Gasteiger partial charge is 0.493 e. The summed E-state index contributed by atoms with van der Waals surface area (Å²) in [7, 11) is 1.64. The van der Waals surface area contributed by atoms with Gasteiger partial charge < -0.3 is 14.6 Å². The molecule has 5 rings (SSSR count). The van der Waals surface area contributed by atoms with E-state index < -0.39 is 6.10 Å². The molecule has 1 unspecified atom stereocenters. The summed E-state index contributed by atoms with van der Waals surface area (Å²) >= 11 is 0. The minimum atomic E-state index is -0.562. The van der Waals surface area contributed by atoms with Gasteiger partial charge in [0.1, 0.15) is 0 Å². The number of aliphatic hydroxyl groups excluding tert-OH is 1. The third-order valence-corrected chi connectivity index (χ3v) is 6.62. The molecule has 0 radical (unpaired) electrons. The SMILES string of the molecule is COc1ccccc1Oc1c(CN(CC2CC2)CC(O)c2ccccc2)c(C)nn1-c1ccccc1. The van der Waals surface area contributed by atoms with Gasteiger partial charge in [-0.25, -0.2) is 4.68 Å². The van der Waals surface area contributed by atoms with E-state index >= 15 is 0 Å². The van der Waals surface area contributed by atoms with Gasteiger partial charge in [-0.2, -0.15) is 5.10 Å². The molecule has 186 valence electrons. The first-order valence-electron chi connectivity index (χ1n) is 12.5. The Bertz CT molecular complexity index is 1270. The van der Waals surface area contributed by atoms with E-state index in [1.54, 1.807) is 7.11 Å². The lowest BCUT2D eigenvalue weighted by atomic mass is 10.1. The number of hydrogen-bond acceptors (Lipinski definition) is 5. The molecule has 0 bridgehead atoms. The molecule has 6 nitrogen and oxygen atoms in total. The molecule has 4 aromatic rings. The lowest BCUT2D eigenvalue weighted by Gasteiger charge is -2.26. The van der Waals surface area contributed by atoms with E-state index in [0.717, 1.165) is 29.1 Å². The van der Waals surface area contributed by atoms with Gasteiger partial charge in [0.25, 0.3) is 0 Å². The van der Waals surface area contributed by atoms with Gasteiger partial charge >= 0.3 is 0 Å². The van der Waals surface area contributed by atoms with E-state index in [-0.39, 0.29) is 0 Å². The second-order valence-electron chi connectivity index (χ2n) is 9.43. The second kappa shape index (κ2) is 11.0. The Balaban J connectivity index is 1.50. The molecule has 0 spiro atoms. The van der Waals surface area contributed by atoms with Gasteiger partial charge in [-0.3, -0.25) is 4.90 Å². The fraction of sp³-hybridized carbons (Fsp3) is 0.300. The second-order valence-corrected chi connectivity index (χ2v) is 9.43. The number of hydrogen-bond donors (Lipinski definition) is 1. The van der Waals surface area contributed by atoms with Gasteiger partial charge in [-0.15, -0.1) is 0 Å². The molecular formula is C30H33N3O3. The van der Waals surface area contributed by atoms with Crippen LogP contribution < -0.4 is 9.47 Å². The number of aromatic nitrogens is 2. The third-order valence-electron chi connectivity index (χ3n) is 6.62. The summed E-state index contributed by atoms with van der Waals surface area (Å²) in [6.45, 7) is 4.13. The van der Waals surface area contributed by atoms with E-state index in [0.29, 0.717) is 36.4 Å². The van der Waals surface area contributed by atoms with Gasteiger partial charge in [0, 0.05) is 19.6 Å². The molecule has 0 saturated heterocycles. The molecule has 1 saturated carbocycles. The summed E-state index contributed by atoms with van der Waals surface area (Å²) in [6, 6.07) is 27.5. The van der Waals surface area contributed by atoms with Crippen molar-refractivity contribution < 1.29 is 14.6 Å². The van der Waals surface area contributed by atoms with Crippen LogP contribution in [0.15, 0.2) is 84.9 Å². The van der Waals surface area contributed by atoms with Gasteiger partial charge in [0.15, 0.2) is 11.5 Å². The maximum absolute atomic E-state index is 11.0. The Labute approximate surface area is 212 Å². The number of methoxy groups -OCH3 is 1. The Hall–Kier alpha value is -3.61. The van der Waals surface area contributed by atoms with Crippen molar-refractivity contribution in [2.24, 2.45) is 5.92 Å². The van der Waals surface area contributed by atoms with Gasteiger partial charge in [-0.05, 0) is 55.5 Å². The highest BCUT2D eigenvalue weighted by Crippen LogP contribution is 2.37. The summed E-state index contributed by atoms with van der Waals surface area (Å²) in [5.74, 6) is 2.64.